The topological polar surface area (TPSA) is 84.7 Å². The van der Waals surface area contributed by atoms with Crippen LogP contribution in [0.2, 0.25) is 5.02 Å². The molecule has 6 nitrogen and oxygen atoms in total. The molecule has 0 aliphatic carbocycles. The van der Waals surface area contributed by atoms with Crippen molar-refractivity contribution in [3.63, 3.8) is 0 Å². The molecular formula is C17H23Cl2N3O3. The van der Waals surface area contributed by atoms with E-state index in [9.17, 15) is 9.59 Å². The van der Waals surface area contributed by atoms with Gasteiger partial charge in [0, 0.05) is 24.7 Å². The summed E-state index contributed by atoms with van der Waals surface area (Å²) in [4.78, 5) is 26.9. The number of nitrogens with one attached hydrogen (secondary N) is 1. The molecule has 138 valence electrons. The monoisotopic (exact) mass is 387 g/mol. The number of likely N-dealkylation sites (tertiary alicyclic amines) is 1. The van der Waals surface area contributed by atoms with E-state index < -0.39 is 6.10 Å². The summed E-state index contributed by atoms with van der Waals surface area (Å²) in [7, 11) is 0. The summed E-state index contributed by atoms with van der Waals surface area (Å²) in [6, 6.07) is 4.94. The highest BCUT2D eigenvalue weighted by Crippen LogP contribution is 2.26. The molecule has 1 aromatic carbocycles. The minimum Gasteiger partial charge on any atom is -0.364 e. The zero-order valence-corrected chi connectivity index (χ0v) is 15.4. The Bertz CT molecular complexity index is 636. The molecule has 0 spiro atoms. The molecule has 0 saturated carbocycles. The third-order valence-corrected chi connectivity index (χ3v) is 4.76. The van der Waals surface area contributed by atoms with Crippen LogP contribution in [0.25, 0.3) is 0 Å². The summed E-state index contributed by atoms with van der Waals surface area (Å²) in [6.45, 7) is 1.88. The molecule has 2 aliphatic heterocycles. The molecule has 3 N–H and O–H groups in total. The zero-order valence-electron chi connectivity index (χ0n) is 13.9. The van der Waals surface area contributed by atoms with Gasteiger partial charge in [0.2, 0.25) is 0 Å². The van der Waals surface area contributed by atoms with E-state index in [4.69, 9.17) is 22.1 Å². The molecule has 1 aromatic rings. The normalized spacial score (nSPS) is 22.6. The van der Waals surface area contributed by atoms with Gasteiger partial charge in [0.15, 0.2) is 0 Å². The Kier molecular flexibility index (Phi) is 7.07. The van der Waals surface area contributed by atoms with Gasteiger partial charge in [-0.2, -0.15) is 0 Å². The first-order chi connectivity index (χ1) is 11.6. The highest BCUT2D eigenvalue weighted by Gasteiger charge is 2.31. The lowest BCUT2D eigenvalue weighted by atomic mass is 10.1. The molecule has 2 fully saturated rings. The number of halogens is 2. The van der Waals surface area contributed by atoms with Gasteiger partial charge in [-0.1, -0.05) is 11.6 Å². The van der Waals surface area contributed by atoms with Gasteiger partial charge in [-0.25, -0.2) is 0 Å². The van der Waals surface area contributed by atoms with Crippen molar-refractivity contribution in [2.45, 2.75) is 37.9 Å². The first kappa shape index (κ1) is 20.0. The van der Waals surface area contributed by atoms with Crippen LogP contribution >= 0.6 is 24.0 Å². The van der Waals surface area contributed by atoms with Crippen molar-refractivity contribution in [3.8, 4) is 0 Å². The van der Waals surface area contributed by atoms with Crippen molar-refractivity contribution in [2.75, 3.05) is 25.0 Å². The van der Waals surface area contributed by atoms with Gasteiger partial charge >= 0.3 is 0 Å². The SMILES string of the molecule is Cl.NC[C@H]1CC[C@@H](C(=O)Nc2ccc(Cl)cc2C(=O)N2CCCC2)O1. The fourth-order valence-electron chi connectivity index (χ4n) is 3.18. The zero-order chi connectivity index (χ0) is 17.1. The number of amides is 2. The minimum atomic E-state index is -0.524. The minimum absolute atomic E-state index is 0. The van der Waals surface area contributed by atoms with Gasteiger partial charge in [0.1, 0.15) is 6.10 Å². The van der Waals surface area contributed by atoms with Crippen LogP contribution in [0.5, 0.6) is 0 Å². The lowest BCUT2D eigenvalue weighted by Crippen LogP contribution is -2.32. The van der Waals surface area contributed by atoms with Gasteiger partial charge in [0.25, 0.3) is 11.8 Å². The van der Waals surface area contributed by atoms with E-state index >= 15 is 0 Å². The van der Waals surface area contributed by atoms with Crippen molar-refractivity contribution in [1.29, 1.82) is 0 Å². The summed E-state index contributed by atoms with van der Waals surface area (Å²) in [5.74, 6) is -0.346. The molecule has 2 amide bonds. The Hall–Kier alpha value is -1.34. The Balaban J connectivity index is 0.00000225. The summed E-state index contributed by atoms with van der Waals surface area (Å²) >= 11 is 6.05. The third-order valence-electron chi connectivity index (χ3n) is 4.53. The molecule has 8 heteroatoms. The molecule has 2 atom stereocenters. The molecule has 2 heterocycles. The first-order valence-electron chi connectivity index (χ1n) is 8.33. The van der Waals surface area contributed by atoms with Crippen LogP contribution in [0.15, 0.2) is 18.2 Å². The number of nitrogens with two attached hydrogens (primary N) is 1. The van der Waals surface area contributed by atoms with E-state index in [1.165, 1.54) is 0 Å². The first-order valence-corrected chi connectivity index (χ1v) is 8.71. The Morgan fingerprint density at radius 2 is 2.00 bits per heavy atom. The molecule has 3 rings (SSSR count). The second-order valence-corrected chi connectivity index (χ2v) is 6.67. The van der Waals surface area contributed by atoms with Gasteiger partial charge in [-0.15, -0.1) is 12.4 Å². The van der Waals surface area contributed by atoms with Crippen LogP contribution in [0.1, 0.15) is 36.0 Å². The molecule has 0 radical (unpaired) electrons. The van der Waals surface area contributed by atoms with Crippen LogP contribution < -0.4 is 11.1 Å². The second kappa shape index (κ2) is 8.85. The number of hydrogen-bond acceptors (Lipinski definition) is 4. The highest BCUT2D eigenvalue weighted by molar-refractivity contribution is 6.31. The lowest BCUT2D eigenvalue weighted by molar-refractivity contribution is -0.126. The van der Waals surface area contributed by atoms with Crippen molar-refractivity contribution in [2.24, 2.45) is 5.73 Å². The molecule has 0 aromatic heterocycles. The van der Waals surface area contributed by atoms with Crippen LogP contribution in [0.4, 0.5) is 5.69 Å². The summed E-state index contributed by atoms with van der Waals surface area (Å²) in [5, 5.41) is 3.29. The molecule has 0 unspecified atom stereocenters. The Morgan fingerprint density at radius 1 is 1.28 bits per heavy atom. The van der Waals surface area contributed by atoms with E-state index in [1.807, 2.05) is 0 Å². The van der Waals surface area contributed by atoms with E-state index in [0.29, 0.717) is 29.2 Å². The molecule has 25 heavy (non-hydrogen) atoms. The Morgan fingerprint density at radius 3 is 2.64 bits per heavy atom. The smallest absolute Gasteiger partial charge is 0.256 e. The van der Waals surface area contributed by atoms with E-state index in [2.05, 4.69) is 5.32 Å². The van der Waals surface area contributed by atoms with Crippen LogP contribution in [-0.2, 0) is 9.53 Å². The summed E-state index contributed by atoms with van der Waals surface area (Å²) in [5.41, 5.74) is 6.47. The van der Waals surface area contributed by atoms with E-state index in [0.717, 1.165) is 32.4 Å². The predicted molar refractivity (Wildman–Crippen MR) is 99.4 cm³/mol. The van der Waals surface area contributed by atoms with Crippen LogP contribution in [-0.4, -0.2) is 48.6 Å². The maximum absolute atomic E-state index is 12.7. The average molecular weight is 388 g/mol. The fraction of sp³-hybridized carbons (Fsp3) is 0.529. The number of nitrogens with zero attached hydrogens (tertiary/aromatic N) is 1. The molecular weight excluding hydrogens is 365 g/mol. The second-order valence-electron chi connectivity index (χ2n) is 6.24. The van der Waals surface area contributed by atoms with Gasteiger partial charge in [-0.05, 0) is 43.9 Å². The quantitative estimate of drug-likeness (QED) is 0.830. The highest BCUT2D eigenvalue weighted by atomic mass is 35.5. The largest absolute Gasteiger partial charge is 0.364 e. The van der Waals surface area contributed by atoms with Crippen molar-refractivity contribution >= 4 is 41.5 Å². The summed E-state index contributed by atoms with van der Waals surface area (Å²) in [6.07, 6.45) is 2.82. The van der Waals surface area contributed by atoms with Crippen molar-refractivity contribution in [1.82, 2.24) is 4.90 Å². The number of benzene rings is 1. The van der Waals surface area contributed by atoms with Gasteiger partial charge in [0.05, 0.1) is 17.4 Å². The predicted octanol–water partition coefficient (Wildman–Crippen LogP) is 2.44. The number of rotatable bonds is 4. The van der Waals surface area contributed by atoms with Crippen LogP contribution in [0, 0.1) is 0 Å². The Labute approximate surface area is 158 Å². The molecule has 2 aliphatic rings. The van der Waals surface area contributed by atoms with Gasteiger partial charge < -0.3 is 20.7 Å². The van der Waals surface area contributed by atoms with E-state index in [1.54, 1.807) is 23.1 Å². The summed E-state index contributed by atoms with van der Waals surface area (Å²) < 4.78 is 5.61. The number of carbonyl (C=O) groups excluding carboxylic acids is 2. The maximum atomic E-state index is 12.7. The number of carbonyl (C=O) groups is 2. The molecule has 0 bridgehead atoms. The van der Waals surface area contributed by atoms with Crippen molar-refractivity contribution < 1.29 is 14.3 Å². The number of hydrogen-bond donors (Lipinski definition) is 2. The maximum Gasteiger partial charge on any atom is 0.256 e. The number of ether oxygens (including phenoxy) is 1. The van der Waals surface area contributed by atoms with E-state index in [-0.39, 0.29) is 30.3 Å². The fourth-order valence-corrected chi connectivity index (χ4v) is 3.35. The average Bonchev–Trinajstić information content (AvgIpc) is 3.27. The van der Waals surface area contributed by atoms with Gasteiger partial charge in [-0.3, -0.25) is 9.59 Å². The number of anilines is 1. The van der Waals surface area contributed by atoms with Crippen LogP contribution in [0.3, 0.4) is 0 Å². The van der Waals surface area contributed by atoms with Crippen molar-refractivity contribution in [3.05, 3.63) is 28.8 Å². The lowest BCUT2D eigenvalue weighted by Gasteiger charge is -2.19. The molecule has 2 saturated heterocycles. The standard InChI is InChI=1S/C17H22ClN3O3.ClH/c18-11-3-5-14(13(9-11)17(23)21-7-1-2-8-21)20-16(22)15-6-4-12(10-19)24-15;/h3,5,9,12,15H,1-2,4,6-8,10,19H2,(H,20,22);1H/t12-,15+;/m1./s1. The third kappa shape index (κ3) is 4.64.